The second-order valence-corrected chi connectivity index (χ2v) is 11.0. The molecule has 1 aliphatic carbocycles. The number of hydrogen-bond donors (Lipinski definition) is 0. The topological polar surface area (TPSA) is 16.4 Å². The molecular formula is C37H27NO. The van der Waals surface area contributed by atoms with Crippen molar-refractivity contribution in [3.05, 3.63) is 139 Å². The van der Waals surface area contributed by atoms with Gasteiger partial charge in [0.2, 0.25) is 0 Å². The van der Waals surface area contributed by atoms with E-state index in [0.717, 1.165) is 38.7 Å². The fourth-order valence-electron chi connectivity index (χ4n) is 6.52. The van der Waals surface area contributed by atoms with Gasteiger partial charge in [0.05, 0.1) is 5.69 Å². The van der Waals surface area contributed by atoms with E-state index >= 15 is 0 Å². The molecule has 0 bridgehead atoms. The highest BCUT2D eigenvalue weighted by Crippen LogP contribution is 2.54. The highest BCUT2D eigenvalue weighted by atomic mass is 16.3. The number of furan rings is 1. The summed E-state index contributed by atoms with van der Waals surface area (Å²) in [6.45, 7) is 4.67. The molecule has 0 amide bonds. The molecule has 2 nitrogen and oxygen atoms in total. The highest BCUT2D eigenvalue weighted by molar-refractivity contribution is 6.10. The number of anilines is 3. The van der Waals surface area contributed by atoms with Gasteiger partial charge < -0.3 is 9.32 Å². The number of para-hydroxylation sites is 2. The van der Waals surface area contributed by atoms with Crippen LogP contribution in [0.15, 0.2) is 132 Å². The maximum atomic E-state index is 6.24. The summed E-state index contributed by atoms with van der Waals surface area (Å²) in [4.78, 5) is 2.40. The van der Waals surface area contributed by atoms with Gasteiger partial charge in [0.25, 0.3) is 0 Å². The fourth-order valence-corrected chi connectivity index (χ4v) is 6.52. The van der Waals surface area contributed by atoms with Crippen molar-refractivity contribution in [3.63, 3.8) is 0 Å². The van der Waals surface area contributed by atoms with Crippen LogP contribution < -0.4 is 4.90 Å². The first-order valence-electron chi connectivity index (χ1n) is 13.5. The van der Waals surface area contributed by atoms with Gasteiger partial charge in [-0.2, -0.15) is 0 Å². The highest BCUT2D eigenvalue weighted by Gasteiger charge is 2.37. The normalized spacial score (nSPS) is 13.6. The number of nitrogens with zero attached hydrogens (tertiary/aromatic N) is 1. The zero-order valence-electron chi connectivity index (χ0n) is 22.0. The minimum atomic E-state index is -0.0550. The number of fused-ring (bicyclic) bond motifs is 7. The van der Waals surface area contributed by atoms with Gasteiger partial charge >= 0.3 is 0 Å². The lowest BCUT2D eigenvalue weighted by atomic mass is 9.82. The minimum absolute atomic E-state index is 0.0550. The van der Waals surface area contributed by atoms with Crippen LogP contribution in [0.1, 0.15) is 25.0 Å². The Hall–Kier alpha value is -4.82. The molecule has 0 aliphatic heterocycles. The van der Waals surface area contributed by atoms with E-state index in [1.165, 1.54) is 33.3 Å². The molecule has 39 heavy (non-hydrogen) atoms. The lowest BCUT2D eigenvalue weighted by Gasteiger charge is -2.29. The Bertz CT molecular complexity index is 2050. The van der Waals surface area contributed by atoms with Crippen molar-refractivity contribution in [2.24, 2.45) is 0 Å². The Morgan fingerprint density at radius 2 is 1.31 bits per heavy atom. The second-order valence-electron chi connectivity index (χ2n) is 11.0. The molecule has 0 unspecified atom stereocenters. The van der Waals surface area contributed by atoms with Crippen molar-refractivity contribution in [2.75, 3.05) is 4.90 Å². The van der Waals surface area contributed by atoms with Gasteiger partial charge in [-0.15, -0.1) is 0 Å². The van der Waals surface area contributed by atoms with Crippen molar-refractivity contribution in [1.82, 2.24) is 0 Å². The number of rotatable bonds is 3. The van der Waals surface area contributed by atoms with Crippen molar-refractivity contribution >= 4 is 49.8 Å². The van der Waals surface area contributed by atoms with Crippen LogP contribution >= 0.6 is 0 Å². The van der Waals surface area contributed by atoms with Crippen LogP contribution in [0.4, 0.5) is 17.1 Å². The summed E-state index contributed by atoms with van der Waals surface area (Å²) in [5.74, 6) is 0. The van der Waals surface area contributed by atoms with E-state index in [-0.39, 0.29) is 5.41 Å². The van der Waals surface area contributed by atoms with Gasteiger partial charge in [0.1, 0.15) is 11.2 Å². The van der Waals surface area contributed by atoms with Crippen LogP contribution in [-0.2, 0) is 5.41 Å². The number of benzene rings is 6. The first-order chi connectivity index (χ1) is 19.1. The van der Waals surface area contributed by atoms with Crippen LogP contribution in [0.25, 0.3) is 43.8 Å². The quantitative estimate of drug-likeness (QED) is 0.239. The monoisotopic (exact) mass is 501 g/mol. The summed E-state index contributed by atoms with van der Waals surface area (Å²) in [6, 6.07) is 45.8. The third-order valence-corrected chi connectivity index (χ3v) is 8.42. The van der Waals surface area contributed by atoms with Crippen molar-refractivity contribution in [2.45, 2.75) is 19.3 Å². The molecule has 0 saturated heterocycles. The Balaban J connectivity index is 1.38. The predicted octanol–water partition coefficient (Wildman–Crippen LogP) is 10.5. The Morgan fingerprint density at radius 1 is 0.538 bits per heavy atom. The molecule has 1 heterocycles. The maximum absolute atomic E-state index is 6.24. The van der Waals surface area contributed by atoms with Crippen molar-refractivity contribution in [1.29, 1.82) is 0 Å². The molecule has 6 aromatic carbocycles. The molecule has 0 fully saturated rings. The molecule has 1 aromatic heterocycles. The zero-order valence-corrected chi connectivity index (χ0v) is 22.0. The Labute approximate surface area is 227 Å². The lowest BCUT2D eigenvalue weighted by Crippen LogP contribution is -2.16. The van der Waals surface area contributed by atoms with Crippen LogP contribution in [0.2, 0.25) is 0 Å². The van der Waals surface area contributed by atoms with Crippen LogP contribution in [0.3, 0.4) is 0 Å². The summed E-state index contributed by atoms with van der Waals surface area (Å²) in [5, 5.41) is 4.68. The number of hydrogen-bond acceptors (Lipinski definition) is 2. The molecule has 0 atom stereocenters. The van der Waals surface area contributed by atoms with Crippen LogP contribution in [0.5, 0.6) is 0 Å². The molecule has 1 aliphatic rings. The van der Waals surface area contributed by atoms with Crippen molar-refractivity contribution in [3.8, 4) is 11.1 Å². The largest absolute Gasteiger partial charge is 0.456 e. The first-order valence-corrected chi connectivity index (χ1v) is 13.5. The van der Waals surface area contributed by atoms with E-state index in [9.17, 15) is 0 Å². The second kappa shape index (κ2) is 8.09. The van der Waals surface area contributed by atoms with E-state index < -0.39 is 0 Å². The van der Waals surface area contributed by atoms with E-state index in [1.54, 1.807) is 0 Å². The van der Waals surface area contributed by atoms with E-state index in [1.807, 2.05) is 12.1 Å². The summed E-state index contributed by atoms with van der Waals surface area (Å²) in [5.41, 5.74) is 10.6. The van der Waals surface area contributed by atoms with Gasteiger partial charge in [-0.25, -0.2) is 0 Å². The summed E-state index contributed by atoms with van der Waals surface area (Å²) < 4.78 is 6.24. The van der Waals surface area contributed by atoms with E-state index in [2.05, 4.69) is 134 Å². The molecule has 0 N–H and O–H groups in total. The summed E-state index contributed by atoms with van der Waals surface area (Å²) in [7, 11) is 0. The zero-order chi connectivity index (χ0) is 26.1. The predicted molar refractivity (Wildman–Crippen MR) is 163 cm³/mol. The summed E-state index contributed by atoms with van der Waals surface area (Å²) in [6.07, 6.45) is 0. The van der Waals surface area contributed by atoms with Crippen molar-refractivity contribution < 1.29 is 4.42 Å². The average Bonchev–Trinajstić information content (AvgIpc) is 3.45. The molecule has 0 saturated carbocycles. The van der Waals surface area contributed by atoms with Gasteiger partial charge in [-0.05, 0) is 76.0 Å². The maximum Gasteiger partial charge on any atom is 0.136 e. The molecule has 186 valence electrons. The van der Waals surface area contributed by atoms with Crippen LogP contribution in [-0.4, -0.2) is 0 Å². The SMILES string of the molecule is CC1(C)c2ccccc2-c2c(N(c3ccccc3)c3ccc4cc5c(cc4c3)oc3ccccc35)cccc21. The van der Waals surface area contributed by atoms with Gasteiger partial charge in [0, 0.05) is 33.1 Å². The first kappa shape index (κ1) is 22.2. The molecule has 2 heteroatoms. The van der Waals surface area contributed by atoms with E-state index in [4.69, 9.17) is 4.42 Å². The van der Waals surface area contributed by atoms with Gasteiger partial charge in [0.15, 0.2) is 0 Å². The lowest BCUT2D eigenvalue weighted by molar-refractivity contribution is 0.660. The van der Waals surface area contributed by atoms with Gasteiger partial charge in [-0.1, -0.05) is 92.7 Å². The standard InChI is InChI=1S/C37H27NO/c1-37(2)31-15-8-6-14-29(31)36-32(37)16-10-17-33(36)38(26-11-4-3-5-12-26)27-20-19-24-22-30-28-13-7-9-18-34(28)39-35(30)23-25(24)21-27/h3-23H,1-2H3. The third kappa shape index (κ3) is 3.21. The molecule has 8 rings (SSSR count). The fraction of sp³-hybridized carbons (Fsp3) is 0.0811. The molecule has 7 aromatic rings. The van der Waals surface area contributed by atoms with Gasteiger partial charge in [-0.3, -0.25) is 0 Å². The molecular weight excluding hydrogens is 474 g/mol. The molecule has 0 spiro atoms. The Kier molecular flexibility index (Phi) is 4.60. The minimum Gasteiger partial charge on any atom is -0.456 e. The Morgan fingerprint density at radius 3 is 2.21 bits per heavy atom. The third-order valence-electron chi connectivity index (χ3n) is 8.42. The smallest absolute Gasteiger partial charge is 0.136 e. The van der Waals surface area contributed by atoms with Crippen LogP contribution in [0, 0.1) is 0 Å². The summed E-state index contributed by atoms with van der Waals surface area (Å²) >= 11 is 0. The van der Waals surface area contributed by atoms with E-state index in [0.29, 0.717) is 0 Å². The molecule has 0 radical (unpaired) electrons. The average molecular weight is 502 g/mol.